The summed E-state index contributed by atoms with van der Waals surface area (Å²) in [4.78, 5) is 22.2. The van der Waals surface area contributed by atoms with Gasteiger partial charge in [-0.1, -0.05) is 26.0 Å². The molecule has 0 bridgehead atoms. The topological polar surface area (TPSA) is 75.6 Å². The van der Waals surface area contributed by atoms with Gasteiger partial charge in [0.1, 0.15) is 5.75 Å². The van der Waals surface area contributed by atoms with Gasteiger partial charge in [-0.3, -0.25) is 4.79 Å². The molecule has 0 aliphatic carbocycles. The Balaban J connectivity index is 2.61. The smallest absolute Gasteiger partial charge is 0.341 e. The fraction of sp³-hybridized carbons (Fsp3) is 0.429. The number of aliphatic carboxylic acids is 1. The lowest BCUT2D eigenvalue weighted by molar-refractivity contribution is -0.139. The van der Waals surface area contributed by atoms with Crippen LogP contribution in [-0.4, -0.2) is 23.6 Å². The fourth-order valence-electron chi connectivity index (χ4n) is 1.47. The summed E-state index contributed by atoms with van der Waals surface area (Å²) in [5.74, 6) is -0.326. The van der Waals surface area contributed by atoms with Crippen LogP contribution < -0.4 is 10.1 Å². The summed E-state index contributed by atoms with van der Waals surface area (Å²) in [6.45, 7) is 3.67. The van der Waals surface area contributed by atoms with Crippen LogP contribution in [0.5, 0.6) is 5.75 Å². The van der Waals surface area contributed by atoms with E-state index in [2.05, 4.69) is 19.2 Å². The van der Waals surface area contributed by atoms with Gasteiger partial charge in [-0.05, 0) is 24.5 Å². The zero-order valence-electron chi connectivity index (χ0n) is 11.2. The number of nitrogens with one attached hydrogen (secondary N) is 1. The first kappa shape index (κ1) is 15.0. The highest BCUT2D eigenvalue weighted by molar-refractivity contribution is 5.92. The molecule has 0 aromatic heterocycles. The average Bonchev–Trinajstić information content (AvgIpc) is 2.35. The van der Waals surface area contributed by atoms with Crippen molar-refractivity contribution in [2.24, 2.45) is 5.92 Å². The van der Waals surface area contributed by atoms with Crippen molar-refractivity contribution >= 4 is 17.6 Å². The van der Waals surface area contributed by atoms with Crippen LogP contribution in [-0.2, 0) is 9.59 Å². The number of amides is 1. The molecule has 104 valence electrons. The van der Waals surface area contributed by atoms with Gasteiger partial charge in [0.2, 0.25) is 5.91 Å². The molecule has 0 heterocycles. The van der Waals surface area contributed by atoms with Crippen LogP contribution in [0.3, 0.4) is 0 Å². The van der Waals surface area contributed by atoms with Gasteiger partial charge in [-0.15, -0.1) is 0 Å². The normalized spacial score (nSPS) is 10.3. The van der Waals surface area contributed by atoms with Gasteiger partial charge in [0.05, 0.1) is 5.69 Å². The SMILES string of the molecule is CC(C)CCC(=O)Nc1ccccc1OCC(=O)O. The molecule has 0 aliphatic rings. The molecule has 1 aromatic carbocycles. The first-order valence-corrected chi connectivity index (χ1v) is 6.22. The summed E-state index contributed by atoms with van der Waals surface area (Å²) in [7, 11) is 0. The van der Waals surface area contributed by atoms with Gasteiger partial charge in [0.15, 0.2) is 6.61 Å². The third-order valence-electron chi connectivity index (χ3n) is 2.46. The van der Waals surface area contributed by atoms with Crippen LogP contribution in [0.25, 0.3) is 0 Å². The predicted molar refractivity (Wildman–Crippen MR) is 72.3 cm³/mol. The van der Waals surface area contributed by atoms with Crippen molar-refractivity contribution in [3.63, 3.8) is 0 Å². The summed E-state index contributed by atoms with van der Waals surface area (Å²) >= 11 is 0. The number of rotatable bonds is 7. The van der Waals surface area contributed by atoms with Crippen molar-refractivity contribution in [3.05, 3.63) is 24.3 Å². The predicted octanol–water partition coefficient (Wildman–Crippen LogP) is 2.52. The Labute approximate surface area is 112 Å². The number of carboxylic acid groups (broad SMARTS) is 1. The Hall–Kier alpha value is -2.04. The van der Waals surface area contributed by atoms with E-state index in [-0.39, 0.29) is 5.91 Å². The van der Waals surface area contributed by atoms with Crippen LogP contribution in [0.15, 0.2) is 24.3 Å². The van der Waals surface area contributed by atoms with Crippen molar-refractivity contribution in [1.82, 2.24) is 0 Å². The third-order valence-corrected chi connectivity index (χ3v) is 2.46. The zero-order chi connectivity index (χ0) is 14.3. The molecule has 0 spiro atoms. The molecule has 0 radical (unpaired) electrons. The van der Waals surface area contributed by atoms with E-state index >= 15 is 0 Å². The molecular weight excluding hydrogens is 246 g/mol. The van der Waals surface area contributed by atoms with E-state index in [4.69, 9.17) is 9.84 Å². The molecule has 19 heavy (non-hydrogen) atoms. The minimum Gasteiger partial charge on any atom is -0.480 e. The molecule has 2 N–H and O–H groups in total. The second-order valence-electron chi connectivity index (χ2n) is 4.66. The highest BCUT2D eigenvalue weighted by Gasteiger charge is 2.09. The molecule has 0 atom stereocenters. The first-order chi connectivity index (χ1) is 8.99. The summed E-state index contributed by atoms with van der Waals surface area (Å²) in [5.41, 5.74) is 0.498. The van der Waals surface area contributed by atoms with E-state index in [1.807, 2.05) is 0 Å². The Morgan fingerprint density at radius 2 is 2.00 bits per heavy atom. The molecule has 1 aromatic rings. The molecule has 0 fully saturated rings. The summed E-state index contributed by atoms with van der Waals surface area (Å²) in [6.07, 6.45) is 1.24. The summed E-state index contributed by atoms with van der Waals surface area (Å²) < 4.78 is 5.11. The zero-order valence-corrected chi connectivity index (χ0v) is 11.2. The van der Waals surface area contributed by atoms with E-state index in [0.717, 1.165) is 6.42 Å². The molecule has 5 nitrogen and oxygen atoms in total. The maximum absolute atomic E-state index is 11.7. The number of anilines is 1. The number of carboxylic acids is 1. The Bertz CT molecular complexity index is 443. The van der Waals surface area contributed by atoms with Crippen LogP contribution in [0, 0.1) is 5.92 Å². The second kappa shape index (κ2) is 7.41. The monoisotopic (exact) mass is 265 g/mol. The molecule has 0 saturated carbocycles. The second-order valence-corrected chi connectivity index (χ2v) is 4.66. The van der Waals surface area contributed by atoms with Crippen molar-refractivity contribution in [2.45, 2.75) is 26.7 Å². The Morgan fingerprint density at radius 1 is 1.32 bits per heavy atom. The quantitative estimate of drug-likeness (QED) is 0.794. The van der Waals surface area contributed by atoms with Gasteiger partial charge in [-0.2, -0.15) is 0 Å². The Kier molecular flexibility index (Phi) is 5.85. The highest BCUT2D eigenvalue weighted by Crippen LogP contribution is 2.24. The highest BCUT2D eigenvalue weighted by atomic mass is 16.5. The minimum absolute atomic E-state index is 0.0972. The lowest BCUT2D eigenvalue weighted by Gasteiger charge is -2.11. The number of hydrogen-bond acceptors (Lipinski definition) is 3. The molecular formula is C14H19NO4. The molecule has 1 rings (SSSR count). The van der Waals surface area contributed by atoms with Crippen LogP contribution in [0.2, 0.25) is 0 Å². The maximum Gasteiger partial charge on any atom is 0.341 e. The number of carbonyl (C=O) groups excluding carboxylic acids is 1. The molecule has 0 unspecified atom stereocenters. The number of benzene rings is 1. The Morgan fingerprint density at radius 3 is 2.63 bits per heavy atom. The van der Waals surface area contributed by atoms with Crippen molar-refractivity contribution in [2.75, 3.05) is 11.9 Å². The minimum atomic E-state index is -1.05. The van der Waals surface area contributed by atoms with Crippen LogP contribution >= 0.6 is 0 Å². The van der Waals surface area contributed by atoms with E-state index in [9.17, 15) is 9.59 Å². The van der Waals surface area contributed by atoms with Gasteiger partial charge in [-0.25, -0.2) is 4.79 Å². The maximum atomic E-state index is 11.7. The summed E-state index contributed by atoms with van der Waals surface area (Å²) in [6, 6.07) is 6.79. The van der Waals surface area contributed by atoms with Crippen molar-refractivity contribution < 1.29 is 19.4 Å². The van der Waals surface area contributed by atoms with Crippen molar-refractivity contribution in [3.8, 4) is 5.75 Å². The number of carbonyl (C=O) groups is 2. The largest absolute Gasteiger partial charge is 0.480 e. The summed E-state index contributed by atoms with van der Waals surface area (Å²) in [5, 5.41) is 11.3. The standard InChI is InChI=1S/C14H19NO4/c1-10(2)7-8-13(16)15-11-5-3-4-6-12(11)19-9-14(17)18/h3-6,10H,7-9H2,1-2H3,(H,15,16)(H,17,18). The van der Waals surface area contributed by atoms with E-state index in [0.29, 0.717) is 23.8 Å². The molecule has 0 saturated heterocycles. The number of hydrogen-bond donors (Lipinski definition) is 2. The van der Waals surface area contributed by atoms with Crippen molar-refractivity contribution in [1.29, 1.82) is 0 Å². The third kappa shape index (κ3) is 5.90. The lowest BCUT2D eigenvalue weighted by atomic mass is 10.1. The molecule has 0 aliphatic heterocycles. The van der Waals surface area contributed by atoms with Gasteiger partial charge in [0.25, 0.3) is 0 Å². The van der Waals surface area contributed by atoms with E-state index in [1.54, 1.807) is 24.3 Å². The molecule has 5 heteroatoms. The lowest BCUT2D eigenvalue weighted by Crippen LogP contribution is -2.15. The molecule has 1 amide bonds. The van der Waals surface area contributed by atoms with E-state index in [1.165, 1.54) is 0 Å². The number of para-hydroxylation sites is 2. The van der Waals surface area contributed by atoms with E-state index < -0.39 is 12.6 Å². The fourth-order valence-corrected chi connectivity index (χ4v) is 1.47. The van der Waals surface area contributed by atoms with Gasteiger partial charge >= 0.3 is 5.97 Å². The van der Waals surface area contributed by atoms with Gasteiger partial charge < -0.3 is 15.2 Å². The first-order valence-electron chi connectivity index (χ1n) is 6.22. The van der Waals surface area contributed by atoms with Gasteiger partial charge in [0, 0.05) is 6.42 Å². The average molecular weight is 265 g/mol. The number of ether oxygens (including phenoxy) is 1. The van der Waals surface area contributed by atoms with Crippen LogP contribution in [0.1, 0.15) is 26.7 Å². The van der Waals surface area contributed by atoms with Crippen LogP contribution in [0.4, 0.5) is 5.69 Å².